The van der Waals surface area contributed by atoms with Gasteiger partial charge in [-0.3, -0.25) is 4.90 Å². The normalized spacial score (nSPS) is 14.3. The van der Waals surface area contributed by atoms with Gasteiger partial charge in [0.05, 0.1) is 13.2 Å². The van der Waals surface area contributed by atoms with Crippen molar-refractivity contribution in [3.05, 3.63) is 35.4 Å². The lowest BCUT2D eigenvalue weighted by atomic mass is 10.1. The van der Waals surface area contributed by atoms with E-state index in [1.54, 1.807) is 7.11 Å². The van der Waals surface area contributed by atoms with Gasteiger partial charge in [0, 0.05) is 39.3 Å². The summed E-state index contributed by atoms with van der Waals surface area (Å²) in [5.74, 6) is 0.890. The molecule has 0 atom stereocenters. The third kappa shape index (κ3) is 8.87. The molecule has 1 aromatic rings. The van der Waals surface area contributed by atoms with Crippen molar-refractivity contribution in [2.75, 3.05) is 39.9 Å². The van der Waals surface area contributed by atoms with Crippen LogP contribution in [-0.2, 0) is 11.3 Å². The number of ether oxygens (including phenoxy) is 1. The minimum Gasteiger partial charge on any atom is -0.383 e. The lowest BCUT2D eigenvalue weighted by Gasteiger charge is -2.22. The summed E-state index contributed by atoms with van der Waals surface area (Å²) in [4.78, 5) is 7.21. The van der Waals surface area contributed by atoms with Gasteiger partial charge in [-0.15, -0.1) is 24.0 Å². The largest absolute Gasteiger partial charge is 0.383 e. The summed E-state index contributed by atoms with van der Waals surface area (Å²) in [5, 5.41) is 6.78. The predicted molar refractivity (Wildman–Crippen MR) is 116 cm³/mol. The average molecular weight is 460 g/mol. The Bertz CT molecular complexity index is 520. The average Bonchev–Trinajstić information content (AvgIpc) is 3.40. The molecule has 1 aromatic carbocycles. The van der Waals surface area contributed by atoms with E-state index in [9.17, 15) is 0 Å². The van der Waals surface area contributed by atoms with Crippen molar-refractivity contribution >= 4 is 29.9 Å². The molecule has 0 aromatic heterocycles. The molecule has 5 nitrogen and oxygen atoms in total. The number of nitrogens with zero attached hydrogens (tertiary/aromatic N) is 2. The second kappa shape index (κ2) is 12.5. The number of rotatable bonds is 10. The molecule has 0 aliphatic heterocycles. The molecule has 2 N–H and O–H groups in total. The number of nitrogens with one attached hydrogen (secondary N) is 2. The summed E-state index contributed by atoms with van der Waals surface area (Å²) in [6.45, 7) is 9.53. The minimum atomic E-state index is 0. The fourth-order valence-corrected chi connectivity index (χ4v) is 2.77. The fourth-order valence-electron chi connectivity index (χ4n) is 2.77. The fraction of sp³-hybridized carbons (Fsp3) is 0.632. The number of aliphatic imine (C=N–C) groups is 1. The summed E-state index contributed by atoms with van der Waals surface area (Å²) in [7, 11) is 1.77. The maximum absolute atomic E-state index is 5.22. The lowest BCUT2D eigenvalue weighted by Crippen LogP contribution is -2.42. The van der Waals surface area contributed by atoms with Crippen LogP contribution in [0.3, 0.4) is 0 Å². The zero-order chi connectivity index (χ0) is 17.2. The van der Waals surface area contributed by atoms with Crippen molar-refractivity contribution in [3.63, 3.8) is 0 Å². The van der Waals surface area contributed by atoms with Gasteiger partial charge in [0.25, 0.3) is 0 Å². The molecule has 142 valence electrons. The maximum Gasteiger partial charge on any atom is 0.191 e. The first-order chi connectivity index (χ1) is 11.7. The van der Waals surface area contributed by atoms with E-state index in [1.807, 2.05) is 0 Å². The van der Waals surface area contributed by atoms with Crippen LogP contribution in [-0.4, -0.2) is 56.8 Å². The first kappa shape index (κ1) is 22.2. The van der Waals surface area contributed by atoms with Crippen LogP contribution in [0.4, 0.5) is 0 Å². The van der Waals surface area contributed by atoms with E-state index in [-0.39, 0.29) is 24.0 Å². The molecule has 1 aliphatic rings. The Morgan fingerprint density at radius 3 is 2.72 bits per heavy atom. The Labute approximate surface area is 169 Å². The Morgan fingerprint density at radius 1 is 1.28 bits per heavy atom. The third-order valence-corrected chi connectivity index (χ3v) is 4.18. The number of halogens is 1. The topological polar surface area (TPSA) is 48.9 Å². The van der Waals surface area contributed by atoms with E-state index in [0.29, 0.717) is 6.54 Å². The van der Waals surface area contributed by atoms with E-state index < -0.39 is 0 Å². The third-order valence-electron chi connectivity index (χ3n) is 4.18. The second-order valence-electron chi connectivity index (χ2n) is 6.37. The molecular formula is C19H33IN4O. The molecule has 0 saturated heterocycles. The standard InChI is InChI=1S/C19H32N4O.HI/c1-4-20-19(22-15-17-7-5-6-16(2)14-17)21-10-11-23(12-13-24-3)18-8-9-18;/h5-7,14,18H,4,8-13,15H2,1-3H3,(H2,20,21,22);1H. The molecular weight excluding hydrogens is 427 g/mol. The van der Waals surface area contributed by atoms with Crippen LogP contribution in [0.25, 0.3) is 0 Å². The summed E-state index contributed by atoms with van der Waals surface area (Å²) in [6.07, 6.45) is 2.65. The molecule has 0 spiro atoms. The van der Waals surface area contributed by atoms with Crippen molar-refractivity contribution in [1.29, 1.82) is 0 Å². The van der Waals surface area contributed by atoms with Gasteiger partial charge in [-0.05, 0) is 32.3 Å². The van der Waals surface area contributed by atoms with Crippen molar-refractivity contribution < 1.29 is 4.74 Å². The molecule has 2 rings (SSSR count). The summed E-state index contributed by atoms with van der Waals surface area (Å²) in [6, 6.07) is 9.27. The summed E-state index contributed by atoms with van der Waals surface area (Å²) in [5.41, 5.74) is 2.52. The number of guanidine groups is 1. The van der Waals surface area contributed by atoms with Crippen LogP contribution in [0.1, 0.15) is 30.9 Å². The van der Waals surface area contributed by atoms with Gasteiger partial charge in [0.2, 0.25) is 0 Å². The Morgan fingerprint density at radius 2 is 2.08 bits per heavy atom. The van der Waals surface area contributed by atoms with Crippen LogP contribution in [0.5, 0.6) is 0 Å². The van der Waals surface area contributed by atoms with E-state index in [2.05, 4.69) is 53.6 Å². The van der Waals surface area contributed by atoms with E-state index in [1.165, 1.54) is 24.0 Å². The molecule has 1 saturated carbocycles. The molecule has 6 heteroatoms. The molecule has 0 amide bonds. The van der Waals surface area contributed by atoms with Crippen molar-refractivity contribution in [1.82, 2.24) is 15.5 Å². The van der Waals surface area contributed by atoms with Crippen LogP contribution < -0.4 is 10.6 Å². The first-order valence-electron chi connectivity index (χ1n) is 9.03. The van der Waals surface area contributed by atoms with Gasteiger partial charge in [0.15, 0.2) is 5.96 Å². The molecule has 1 fully saturated rings. The minimum absolute atomic E-state index is 0. The zero-order valence-corrected chi connectivity index (χ0v) is 18.1. The second-order valence-corrected chi connectivity index (χ2v) is 6.37. The highest BCUT2D eigenvalue weighted by Crippen LogP contribution is 2.25. The number of hydrogen-bond donors (Lipinski definition) is 2. The van der Waals surface area contributed by atoms with Crippen molar-refractivity contribution in [2.45, 2.75) is 39.3 Å². The van der Waals surface area contributed by atoms with Crippen LogP contribution in [0.2, 0.25) is 0 Å². The van der Waals surface area contributed by atoms with Gasteiger partial charge in [-0.1, -0.05) is 29.8 Å². The number of hydrogen-bond acceptors (Lipinski definition) is 3. The predicted octanol–water partition coefficient (Wildman–Crippen LogP) is 2.78. The Balaban J connectivity index is 0.00000312. The highest BCUT2D eigenvalue weighted by atomic mass is 127. The van der Waals surface area contributed by atoms with E-state index >= 15 is 0 Å². The Hall–Kier alpha value is -0.860. The zero-order valence-electron chi connectivity index (χ0n) is 15.8. The monoisotopic (exact) mass is 460 g/mol. The van der Waals surface area contributed by atoms with Gasteiger partial charge in [-0.2, -0.15) is 0 Å². The highest BCUT2D eigenvalue weighted by molar-refractivity contribution is 14.0. The lowest BCUT2D eigenvalue weighted by molar-refractivity contribution is 0.144. The maximum atomic E-state index is 5.22. The molecule has 25 heavy (non-hydrogen) atoms. The van der Waals surface area contributed by atoms with Gasteiger partial charge in [-0.25, -0.2) is 4.99 Å². The van der Waals surface area contributed by atoms with Crippen LogP contribution >= 0.6 is 24.0 Å². The molecule has 1 aliphatic carbocycles. The molecule has 0 heterocycles. The smallest absolute Gasteiger partial charge is 0.191 e. The molecule has 0 bridgehead atoms. The number of aryl methyl sites for hydroxylation is 1. The van der Waals surface area contributed by atoms with E-state index in [0.717, 1.165) is 44.8 Å². The Kier molecular flexibility index (Phi) is 11.1. The SMILES string of the molecule is CCNC(=NCc1cccc(C)c1)NCCN(CCOC)C1CC1.I. The van der Waals surface area contributed by atoms with Gasteiger partial charge >= 0.3 is 0 Å². The van der Waals surface area contributed by atoms with Gasteiger partial charge in [0.1, 0.15) is 0 Å². The summed E-state index contributed by atoms with van der Waals surface area (Å²) >= 11 is 0. The van der Waals surface area contributed by atoms with E-state index in [4.69, 9.17) is 9.73 Å². The molecule has 0 unspecified atom stereocenters. The molecule has 0 radical (unpaired) electrons. The number of methoxy groups -OCH3 is 1. The first-order valence-corrected chi connectivity index (χ1v) is 9.03. The highest BCUT2D eigenvalue weighted by Gasteiger charge is 2.28. The van der Waals surface area contributed by atoms with Crippen molar-refractivity contribution in [2.24, 2.45) is 4.99 Å². The van der Waals surface area contributed by atoms with Crippen LogP contribution in [0.15, 0.2) is 29.3 Å². The van der Waals surface area contributed by atoms with Crippen LogP contribution in [0, 0.1) is 6.92 Å². The van der Waals surface area contributed by atoms with Gasteiger partial charge < -0.3 is 15.4 Å². The summed E-state index contributed by atoms with van der Waals surface area (Å²) < 4.78 is 5.22. The van der Waals surface area contributed by atoms with Crippen molar-refractivity contribution in [3.8, 4) is 0 Å². The number of benzene rings is 1. The quantitative estimate of drug-likeness (QED) is 0.320.